The van der Waals surface area contributed by atoms with Gasteiger partial charge in [0.15, 0.2) is 5.82 Å². The van der Waals surface area contributed by atoms with Crippen molar-refractivity contribution in [2.75, 3.05) is 18.5 Å². The molecule has 1 atom stereocenters. The molecule has 3 rings (SSSR count). The van der Waals surface area contributed by atoms with Crippen LogP contribution in [-0.4, -0.2) is 45.2 Å². The molecule has 1 aromatic heterocycles. The maximum Gasteiger partial charge on any atom is 0.256 e. The van der Waals surface area contributed by atoms with Crippen molar-refractivity contribution >= 4 is 11.6 Å². The van der Waals surface area contributed by atoms with Crippen molar-refractivity contribution in [2.24, 2.45) is 0 Å². The van der Waals surface area contributed by atoms with Gasteiger partial charge in [0.25, 0.3) is 5.91 Å². The second kappa shape index (κ2) is 6.78. The van der Waals surface area contributed by atoms with Gasteiger partial charge in [0.2, 0.25) is 5.89 Å². The Kier molecular flexibility index (Phi) is 4.57. The Hall–Kier alpha value is -2.41. The number of rotatable bonds is 5. The van der Waals surface area contributed by atoms with Crippen LogP contribution >= 0.6 is 0 Å². The fraction of sp³-hybridized carbons (Fsp3) is 0.438. The van der Waals surface area contributed by atoms with Crippen molar-refractivity contribution in [1.29, 1.82) is 0 Å². The number of aliphatic hydroxyl groups excluding tert-OH is 1. The van der Waals surface area contributed by atoms with E-state index in [4.69, 9.17) is 4.52 Å². The molecule has 7 nitrogen and oxygen atoms in total. The van der Waals surface area contributed by atoms with Gasteiger partial charge in [-0.3, -0.25) is 4.79 Å². The fourth-order valence-electron chi connectivity index (χ4n) is 2.85. The van der Waals surface area contributed by atoms with Gasteiger partial charge in [-0.15, -0.1) is 0 Å². The second-order valence-corrected chi connectivity index (χ2v) is 5.61. The maximum absolute atomic E-state index is 12.8. The van der Waals surface area contributed by atoms with Crippen molar-refractivity contribution in [2.45, 2.75) is 32.4 Å². The van der Waals surface area contributed by atoms with Crippen LogP contribution in [0.4, 0.5) is 5.69 Å². The molecule has 1 saturated heterocycles. The van der Waals surface area contributed by atoms with E-state index in [1.165, 1.54) is 0 Å². The van der Waals surface area contributed by atoms with Crippen molar-refractivity contribution in [3.8, 4) is 0 Å². The smallest absolute Gasteiger partial charge is 0.256 e. The second-order valence-electron chi connectivity index (χ2n) is 5.61. The third-order valence-electron chi connectivity index (χ3n) is 4.01. The molecule has 7 heteroatoms. The lowest BCUT2D eigenvalue weighted by atomic mass is 10.1. The fourth-order valence-corrected chi connectivity index (χ4v) is 2.85. The first-order valence-electron chi connectivity index (χ1n) is 7.73. The molecular formula is C16H20N4O3. The SMILES string of the molecule is Cc1noc(CNc2ccccc2C(=O)N2CCCC2CO)n1. The first kappa shape index (κ1) is 15.5. The predicted molar refractivity (Wildman–Crippen MR) is 83.9 cm³/mol. The van der Waals surface area contributed by atoms with E-state index in [2.05, 4.69) is 15.5 Å². The highest BCUT2D eigenvalue weighted by Gasteiger charge is 2.29. The minimum atomic E-state index is -0.0888. The molecule has 2 aromatic rings. The van der Waals surface area contributed by atoms with Gasteiger partial charge >= 0.3 is 0 Å². The molecule has 0 aliphatic carbocycles. The summed E-state index contributed by atoms with van der Waals surface area (Å²) in [4.78, 5) is 18.7. The van der Waals surface area contributed by atoms with Crippen molar-refractivity contribution in [1.82, 2.24) is 15.0 Å². The summed E-state index contributed by atoms with van der Waals surface area (Å²) in [6.45, 7) is 2.80. The number of para-hydroxylation sites is 1. The number of nitrogens with zero attached hydrogens (tertiary/aromatic N) is 3. The van der Waals surface area contributed by atoms with Crippen molar-refractivity contribution in [3.05, 3.63) is 41.5 Å². The quantitative estimate of drug-likeness (QED) is 0.870. The van der Waals surface area contributed by atoms with Crippen molar-refractivity contribution in [3.63, 3.8) is 0 Å². The number of carbonyl (C=O) groups excluding carboxylic acids is 1. The van der Waals surface area contributed by atoms with E-state index in [1.807, 2.05) is 18.2 Å². The number of amides is 1. The molecule has 0 saturated carbocycles. The monoisotopic (exact) mass is 316 g/mol. The molecule has 0 bridgehead atoms. The number of aryl methyl sites for hydroxylation is 1. The zero-order valence-corrected chi connectivity index (χ0v) is 13.0. The number of anilines is 1. The summed E-state index contributed by atoms with van der Waals surface area (Å²) in [5.41, 5.74) is 1.31. The molecule has 1 fully saturated rings. The van der Waals surface area contributed by atoms with Gasteiger partial charge in [-0.2, -0.15) is 4.98 Å². The highest BCUT2D eigenvalue weighted by molar-refractivity contribution is 5.99. The Labute approximate surface area is 134 Å². The van der Waals surface area contributed by atoms with Crippen LogP contribution in [0.2, 0.25) is 0 Å². The summed E-state index contributed by atoms with van der Waals surface area (Å²) in [6.07, 6.45) is 1.77. The molecule has 0 spiro atoms. The van der Waals surface area contributed by atoms with E-state index >= 15 is 0 Å². The van der Waals surface area contributed by atoms with Crippen LogP contribution in [0.5, 0.6) is 0 Å². The molecule has 2 N–H and O–H groups in total. The molecule has 1 unspecified atom stereocenters. The molecule has 1 aromatic carbocycles. The number of hydrogen-bond donors (Lipinski definition) is 2. The Balaban J connectivity index is 1.76. The average molecular weight is 316 g/mol. The zero-order valence-electron chi connectivity index (χ0n) is 13.0. The maximum atomic E-state index is 12.8. The lowest BCUT2D eigenvalue weighted by Crippen LogP contribution is -2.37. The number of hydrogen-bond acceptors (Lipinski definition) is 6. The van der Waals surface area contributed by atoms with Gasteiger partial charge in [-0.05, 0) is 31.9 Å². The summed E-state index contributed by atoms with van der Waals surface area (Å²) in [5.74, 6) is 0.986. The van der Waals surface area contributed by atoms with E-state index in [0.29, 0.717) is 30.4 Å². The number of carbonyl (C=O) groups is 1. The molecule has 2 heterocycles. The van der Waals surface area contributed by atoms with E-state index in [-0.39, 0.29) is 18.6 Å². The van der Waals surface area contributed by atoms with Gasteiger partial charge in [0.1, 0.15) is 0 Å². The zero-order chi connectivity index (χ0) is 16.2. The predicted octanol–water partition coefficient (Wildman–Crippen LogP) is 1.59. The molecule has 1 amide bonds. The van der Waals surface area contributed by atoms with Crippen LogP contribution in [0.1, 0.15) is 34.9 Å². The van der Waals surface area contributed by atoms with Gasteiger partial charge in [-0.25, -0.2) is 0 Å². The lowest BCUT2D eigenvalue weighted by molar-refractivity contribution is 0.0678. The van der Waals surface area contributed by atoms with Crippen LogP contribution in [0.25, 0.3) is 0 Å². The lowest BCUT2D eigenvalue weighted by Gasteiger charge is -2.24. The van der Waals surface area contributed by atoms with E-state index in [1.54, 1.807) is 17.9 Å². The number of aromatic nitrogens is 2. The Bertz CT molecular complexity index is 685. The van der Waals surface area contributed by atoms with Gasteiger partial charge < -0.3 is 19.8 Å². The summed E-state index contributed by atoms with van der Waals surface area (Å²) in [7, 11) is 0. The topological polar surface area (TPSA) is 91.5 Å². The first-order valence-corrected chi connectivity index (χ1v) is 7.73. The van der Waals surface area contributed by atoms with Crippen LogP contribution < -0.4 is 5.32 Å². The molecule has 1 aliphatic heterocycles. The third kappa shape index (κ3) is 3.34. The highest BCUT2D eigenvalue weighted by Crippen LogP contribution is 2.24. The van der Waals surface area contributed by atoms with Crippen LogP contribution in [0, 0.1) is 6.92 Å². The van der Waals surface area contributed by atoms with E-state index in [0.717, 1.165) is 18.5 Å². The average Bonchev–Trinajstić information content (AvgIpc) is 3.21. The summed E-state index contributed by atoms with van der Waals surface area (Å²) >= 11 is 0. The highest BCUT2D eigenvalue weighted by atomic mass is 16.5. The minimum Gasteiger partial charge on any atom is -0.394 e. The third-order valence-corrected chi connectivity index (χ3v) is 4.01. The summed E-state index contributed by atoms with van der Waals surface area (Å²) in [5, 5.41) is 16.3. The van der Waals surface area contributed by atoms with Crippen LogP contribution in [0.3, 0.4) is 0 Å². The first-order chi connectivity index (χ1) is 11.2. The number of nitrogens with one attached hydrogen (secondary N) is 1. The molecule has 0 radical (unpaired) electrons. The van der Waals surface area contributed by atoms with E-state index < -0.39 is 0 Å². The molecule has 23 heavy (non-hydrogen) atoms. The summed E-state index contributed by atoms with van der Waals surface area (Å²) in [6, 6.07) is 7.25. The standard InChI is InChI=1S/C16H20N4O3/c1-11-18-15(23-19-11)9-17-14-7-3-2-6-13(14)16(22)20-8-4-5-12(20)10-21/h2-3,6-7,12,17,21H,4-5,8-10H2,1H3. The van der Waals surface area contributed by atoms with E-state index in [9.17, 15) is 9.90 Å². The van der Waals surface area contributed by atoms with Gasteiger partial charge in [0, 0.05) is 12.2 Å². The Morgan fingerprint density at radius 3 is 3.04 bits per heavy atom. The van der Waals surface area contributed by atoms with Gasteiger partial charge in [-0.1, -0.05) is 17.3 Å². The number of benzene rings is 1. The van der Waals surface area contributed by atoms with Crippen LogP contribution in [-0.2, 0) is 6.54 Å². The Morgan fingerprint density at radius 2 is 2.30 bits per heavy atom. The molecule has 122 valence electrons. The number of aliphatic hydroxyl groups is 1. The largest absolute Gasteiger partial charge is 0.394 e. The Morgan fingerprint density at radius 1 is 1.48 bits per heavy atom. The van der Waals surface area contributed by atoms with Gasteiger partial charge in [0.05, 0.1) is 24.8 Å². The molecular weight excluding hydrogens is 296 g/mol. The minimum absolute atomic E-state index is 0.00258. The van der Waals surface area contributed by atoms with Crippen LogP contribution in [0.15, 0.2) is 28.8 Å². The van der Waals surface area contributed by atoms with Crippen molar-refractivity contribution < 1.29 is 14.4 Å². The normalized spacial score (nSPS) is 17.5. The summed E-state index contributed by atoms with van der Waals surface area (Å²) < 4.78 is 5.07. The molecule has 1 aliphatic rings. The number of likely N-dealkylation sites (tertiary alicyclic amines) is 1.